The fourth-order valence-corrected chi connectivity index (χ4v) is 3.30. The molecule has 0 radical (unpaired) electrons. The smallest absolute Gasteiger partial charge is 0.331 e. The van der Waals surface area contributed by atoms with Crippen molar-refractivity contribution in [3.05, 3.63) is 22.4 Å². The fraction of sp³-hybridized carbons (Fsp3) is 0.600. The van der Waals surface area contributed by atoms with Crippen molar-refractivity contribution in [3.63, 3.8) is 0 Å². The van der Waals surface area contributed by atoms with Gasteiger partial charge in [-0.1, -0.05) is 26.3 Å². The highest BCUT2D eigenvalue weighted by Gasteiger charge is 2.32. The molecule has 0 bridgehead atoms. The van der Waals surface area contributed by atoms with Crippen molar-refractivity contribution in [3.8, 4) is 0 Å². The Morgan fingerprint density at radius 3 is 2.62 bits per heavy atom. The van der Waals surface area contributed by atoms with E-state index in [1.165, 1.54) is 11.3 Å². The van der Waals surface area contributed by atoms with Crippen LogP contribution in [-0.2, 0) is 4.79 Å². The molecule has 1 saturated heterocycles. The number of aliphatic carboxylic acids is 1. The van der Waals surface area contributed by atoms with Crippen LogP contribution >= 0.6 is 11.3 Å². The SMILES string of the molecule is CCC1(C)CCN(C(=O)NC(C(=O)O)c2cccs2)CC1. The number of amides is 2. The van der Waals surface area contributed by atoms with E-state index in [1.807, 2.05) is 5.38 Å². The average molecular weight is 310 g/mol. The number of nitrogens with zero attached hydrogens (tertiary/aromatic N) is 1. The fourth-order valence-electron chi connectivity index (χ4n) is 2.53. The molecular formula is C15H22N2O3S. The van der Waals surface area contributed by atoms with Crippen LogP contribution in [0.3, 0.4) is 0 Å². The monoisotopic (exact) mass is 310 g/mol. The molecule has 1 unspecified atom stereocenters. The number of urea groups is 1. The number of carboxylic acids is 1. The highest BCUT2D eigenvalue weighted by molar-refractivity contribution is 7.10. The summed E-state index contributed by atoms with van der Waals surface area (Å²) in [5, 5.41) is 13.7. The number of carboxylic acid groups (broad SMARTS) is 1. The molecule has 0 saturated carbocycles. The van der Waals surface area contributed by atoms with E-state index >= 15 is 0 Å². The molecule has 2 N–H and O–H groups in total. The lowest BCUT2D eigenvalue weighted by Gasteiger charge is -2.39. The van der Waals surface area contributed by atoms with E-state index in [-0.39, 0.29) is 6.03 Å². The Labute approximate surface area is 129 Å². The standard InChI is InChI=1S/C15H22N2O3S/c1-3-15(2)6-8-17(9-7-15)14(20)16-12(13(18)19)11-5-4-10-21-11/h4-5,10,12H,3,6-9H2,1-2H3,(H,16,20)(H,18,19). The van der Waals surface area contributed by atoms with Gasteiger partial charge < -0.3 is 15.3 Å². The van der Waals surface area contributed by atoms with Crippen LogP contribution in [0.25, 0.3) is 0 Å². The molecule has 1 aliphatic heterocycles. The molecular weight excluding hydrogens is 288 g/mol. The van der Waals surface area contributed by atoms with Gasteiger partial charge in [-0.3, -0.25) is 0 Å². The van der Waals surface area contributed by atoms with Crippen LogP contribution in [0.4, 0.5) is 4.79 Å². The molecule has 2 amide bonds. The Kier molecular flexibility index (Phi) is 4.88. The minimum Gasteiger partial charge on any atom is -0.479 e. The normalized spacial score (nSPS) is 19.0. The van der Waals surface area contributed by atoms with E-state index in [1.54, 1.807) is 17.0 Å². The topological polar surface area (TPSA) is 69.6 Å². The number of rotatable bonds is 4. The highest BCUT2D eigenvalue weighted by Crippen LogP contribution is 2.34. The van der Waals surface area contributed by atoms with E-state index in [9.17, 15) is 14.7 Å². The summed E-state index contributed by atoms with van der Waals surface area (Å²) in [5.41, 5.74) is 0.302. The second-order valence-electron chi connectivity index (χ2n) is 5.89. The summed E-state index contributed by atoms with van der Waals surface area (Å²) in [6, 6.07) is 2.27. The van der Waals surface area contributed by atoms with Gasteiger partial charge in [0, 0.05) is 18.0 Å². The quantitative estimate of drug-likeness (QED) is 0.898. The molecule has 2 rings (SSSR count). The second kappa shape index (κ2) is 6.47. The van der Waals surface area contributed by atoms with Crippen LogP contribution in [0, 0.1) is 5.41 Å². The van der Waals surface area contributed by atoms with Crippen molar-refractivity contribution < 1.29 is 14.7 Å². The minimum absolute atomic E-state index is 0.283. The lowest BCUT2D eigenvalue weighted by atomic mass is 9.78. The van der Waals surface area contributed by atoms with Crippen molar-refractivity contribution in [2.24, 2.45) is 5.41 Å². The zero-order valence-electron chi connectivity index (χ0n) is 12.5. The molecule has 6 heteroatoms. The molecule has 116 valence electrons. The highest BCUT2D eigenvalue weighted by atomic mass is 32.1. The van der Waals surface area contributed by atoms with Crippen LogP contribution in [0.2, 0.25) is 0 Å². The molecule has 5 nitrogen and oxygen atoms in total. The number of nitrogens with one attached hydrogen (secondary N) is 1. The summed E-state index contributed by atoms with van der Waals surface area (Å²) >= 11 is 1.34. The van der Waals surface area contributed by atoms with Gasteiger partial charge in [0.25, 0.3) is 0 Å². The van der Waals surface area contributed by atoms with Gasteiger partial charge in [-0.05, 0) is 29.7 Å². The van der Waals surface area contributed by atoms with Crippen molar-refractivity contribution >= 4 is 23.3 Å². The summed E-state index contributed by atoms with van der Waals surface area (Å²) in [6.45, 7) is 5.79. The van der Waals surface area contributed by atoms with Gasteiger partial charge in [-0.15, -0.1) is 11.3 Å². The molecule has 21 heavy (non-hydrogen) atoms. The first-order valence-corrected chi connectivity index (χ1v) is 8.15. The maximum absolute atomic E-state index is 12.3. The van der Waals surface area contributed by atoms with Gasteiger partial charge in [-0.2, -0.15) is 0 Å². The summed E-state index contributed by atoms with van der Waals surface area (Å²) < 4.78 is 0. The maximum atomic E-state index is 12.3. The predicted molar refractivity (Wildman–Crippen MR) is 82.4 cm³/mol. The van der Waals surface area contributed by atoms with E-state index < -0.39 is 12.0 Å². The number of hydrogen-bond donors (Lipinski definition) is 2. The summed E-state index contributed by atoms with van der Waals surface area (Å²) in [5.74, 6) is -1.03. The third kappa shape index (κ3) is 3.75. The summed E-state index contributed by atoms with van der Waals surface area (Å²) in [6.07, 6.45) is 3.04. The first-order valence-electron chi connectivity index (χ1n) is 7.27. The van der Waals surface area contributed by atoms with Crippen molar-refractivity contribution in [2.75, 3.05) is 13.1 Å². The Balaban J connectivity index is 1.96. The molecule has 1 aromatic heterocycles. The van der Waals surface area contributed by atoms with Gasteiger partial charge in [0.1, 0.15) is 0 Å². The van der Waals surface area contributed by atoms with Crippen LogP contribution in [0.5, 0.6) is 0 Å². The molecule has 1 aromatic rings. The Morgan fingerprint density at radius 1 is 1.48 bits per heavy atom. The Morgan fingerprint density at radius 2 is 2.14 bits per heavy atom. The summed E-state index contributed by atoms with van der Waals surface area (Å²) in [4.78, 5) is 26.0. The zero-order valence-corrected chi connectivity index (χ0v) is 13.3. The number of carbonyl (C=O) groups excluding carboxylic acids is 1. The lowest BCUT2D eigenvalue weighted by molar-refractivity contribution is -0.139. The van der Waals surface area contributed by atoms with Gasteiger partial charge in [0.2, 0.25) is 0 Å². The van der Waals surface area contributed by atoms with E-state index in [0.29, 0.717) is 23.4 Å². The molecule has 1 fully saturated rings. The summed E-state index contributed by atoms with van der Waals surface area (Å²) in [7, 11) is 0. The van der Waals surface area contributed by atoms with Crippen molar-refractivity contribution in [2.45, 2.75) is 39.2 Å². The van der Waals surface area contributed by atoms with E-state index in [2.05, 4.69) is 19.2 Å². The lowest BCUT2D eigenvalue weighted by Crippen LogP contribution is -2.48. The first-order chi connectivity index (χ1) is 9.95. The second-order valence-corrected chi connectivity index (χ2v) is 6.87. The number of piperidine rings is 1. The van der Waals surface area contributed by atoms with Gasteiger partial charge >= 0.3 is 12.0 Å². The van der Waals surface area contributed by atoms with E-state index in [0.717, 1.165) is 19.3 Å². The third-order valence-electron chi connectivity index (χ3n) is 4.45. The molecule has 0 aromatic carbocycles. The van der Waals surface area contributed by atoms with Crippen molar-refractivity contribution in [1.29, 1.82) is 0 Å². The maximum Gasteiger partial charge on any atom is 0.331 e. The van der Waals surface area contributed by atoms with Gasteiger partial charge in [-0.25, -0.2) is 9.59 Å². The van der Waals surface area contributed by atoms with Crippen LogP contribution in [-0.4, -0.2) is 35.1 Å². The van der Waals surface area contributed by atoms with Gasteiger partial charge in [0.15, 0.2) is 6.04 Å². The van der Waals surface area contributed by atoms with Crippen LogP contribution < -0.4 is 5.32 Å². The molecule has 0 aliphatic carbocycles. The first kappa shape index (κ1) is 15.8. The largest absolute Gasteiger partial charge is 0.479 e. The number of hydrogen-bond acceptors (Lipinski definition) is 3. The molecule has 2 heterocycles. The average Bonchev–Trinajstić information content (AvgIpc) is 2.98. The third-order valence-corrected chi connectivity index (χ3v) is 5.39. The van der Waals surface area contributed by atoms with Crippen molar-refractivity contribution in [1.82, 2.24) is 10.2 Å². The molecule has 1 aliphatic rings. The van der Waals surface area contributed by atoms with E-state index in [4.69, 9.17) is 0 Å². The number of likely N-dealkylation sites (tertiary alicyclic amines) is 1. The molecule has 1 atom stereocenters. The minimum atomic E-state index is -1.03. The predicted octanol–water partition coefficient (Wildman–Crippen LogP) is 3.10. The molecule has 0 spiro atoms. The number of thiophene rings is 1. The Bertz CT molecular complexity index is 493. The zero-order chi connectivity index (χ0) is 15.5. The van der Waals surface area contributed by atoms with Crippen LogP contribution in [0.15, 0.2) is 17.5 Å². The Hall–Kier alpha value is -1.56. The number of carbonyl (C=O) groups is 2. The van der Waals surface area contributed by atoms with Crippen LogP contribution in [0.1, 0.15) is 44.0 Å². The van der Waals surface area contributed by atoms with Gasteiger partial charge in [0.05, 0.1) is 0 Å².